The number of nitrogens with zero attached hydrogens (tertiary/aromatic N) is 3. The van der Waals surface area contributed by atoms with Crippen LogP contribution in [0.5, 0.6) is 5.75 Å². The minimum absolute atomic E-state index is 0.0175. The molecule has 0 bridgehead atoms. The molecule has 0 saturated carbocycles. The molecule has 7 nitrogen and oxygen atoms in total. The van der Waals surface area contributed by atoms with Gasteiger partial charge < -0.3 is 15.0 Å². The Kier molecular flexibility index (Phi) is 9.19. The van der Waals surface area contributed by atoms with Crippen LogP contribution in [0, 0.1) is 19.7 Å². The Morgan fingerprint density at radius 3 is 2.34 bits per heavy atom. The smallest absolute Gasteiger partial charge is 0.247 e. The molecule has 2 amide bonds. The molecule has 9 heteroatoms. The number of carbonyl (C=O) groups excluding carboxylic acids is 2. The van der Waals surface area contributed by atoms with Crippen LogP contribution in [0.1, 0.15) is 30.3 Å². The zero-order valence-corrected chi connectivity index (χ0v) is 21.1. The lowest BCUT2D eigenvalue weighted by atomic mass is 10.1. The Morgan fingerprint density at radius 1 is 1.09 bits per heavy atom. The summed E-state index contributed by atoms with van der Waals surface area (Å²) in [5, 5.41) is 3.34. The summed E-state index contributed by atoms with van der Waals surface area (Å²) in [6.07, 6.45) is 0.354. The van der Waals surface area contributed by atoms with E-state index < -0.39 is 11.9 Å². The molecular formula is C26H29FN4O3S. The van der Waals surface area contributed by atoms with Crippen molar-refractivity contribution in [3.63, 3.8) is 0 Å². The van der Waals surface area contributed by atoms with Gasteiger partial charge in [-0.05, 0) is 56.7 Å². The summed E-state index contributed by atoms with van der Waals surface area (Å²) in [4.78, 5) is 36.7. The summed E-state index contributed by atoms with van der Waals surface area (Å²) in [6.45, 7) is 5.51. The maximum atomic E-state index is 14.5. The maximum Gasteiger partial charge on any atom is 0.247 e. The van der Waals surface area contributed by atoms with Gasteiger partial charge in [-0.1, -0.05) is 36.9 Å². The molecule has 3 aromatic rings. The number of anilines is 1. The van der Waals surface area contributed by atoms with Crippen molar-refractivity contribution in [1.82, 2.24) is 14.9 Å². The minimum Gasteiger partial charge on any atom is -0.497 e. The van der Waals surface area contributed by atoms with Crippen LogP contribution < -0.4 is 10.1 Å². The number of thioether (sulfide) groups is 1. The van der Waals surface area contributed by atoms with Crippen molar-refractivity contribution in [2.45, 2.75) is 44.9 Å². The lowest BCUT2D eigenvalue weighted by molar-refractivity contribution is -0.137. The van der Waals surface area contributed by atoms with E-state index in [0.717, 1.165) is 11.4 Å². The summed E-state index contributed by atoms with van der Waals surface area (Å²) in [5.41, 5.74) is 2.52. The van der Waals surface area contributed by atoms with Crippen LogP contribution in [0.15, 0.2) is 59.8 Å². The molecule has 1 aromatic heterocycles. The highest BCUT2D eigenvalue weighted by Crippen LogP contribution is 2.21. The van der Waals surface area contributed by atoms with Gasteiger partial charge in [0.15, 0.2) is 5.16 Å². The van der Waals surface area contributed by atoms with Gasteiger partial charge in [-0.25, -0.2) is 14.4 Å². The first-order chi connectivity index (χ1) is 16.8. The number of aryl methyl sites for hydroxylation is 2. The number of rotatable bonds is 10. The molecule has 1 atom stereocenters. The fourth-order valence-electron chi connectivity index (χ4n) is 3.60. The average Bonchev–Trinajstić information content (AvgIpc) is 2.83. The molecule has 0 aliphatic heterocycles. The fourth-order valence-corrected chi connectivity index (χ4v) is 4.43. The number of hydrogen-bond acceptors (Lipinski definition) is 6. The van der Waals surface area contributed by atoms with Crippen LogP contribution in [-0.2, 0) is 16.1 Å². The normalized spacial score (nSPS) is 11.6. The van der Waals surface area contributed by atoms with Gasteiger partial charge in [-0.15, -0.1) is 0 Å². The minimum atomic E-state index is -0.801. The molecule has 0 saturated heterocycles. The highest BCUT2D eigenvalue weighted by molar-refractivity contribution is 7.99. The van der Waals surface area contributed by atoms with Crippen molar-refractivity contribution < 1.29 is 18.7 Å². The SMILES string of the molecule is CCC(C(=O)Nc1ccc(OC)cc1)N(Cc1ccccc1F)C(=O)CSc1nc(C)cc(C)n1. The predicted octanol–water partition coefficient (Wildman–Crippen LogP) is 4.78. The number of benzene rings is 2. The number of aromatic nitrogens is 2. The Balaban J connectivity index is 1.82. The van der Waals surface area contributed by atoms with Crippen molar-refractivity contribution >= 4 is 29.3 Å². The highest BCUT2D eigenvalue weighted by Gasteiger charge is 2.29. The molecule has 35 heavy (non-hydrogen) atoms. The fraction of sp³-hybridized carbons (Fsp3) is 0.308. The van der Waals surface area contributed by atoms with Crippen molar-refractivity contribution in [3.05, 3.63) is 77.4 Å². The first-order valence-corrected chi connectivity index (χ1v) is 12.2. The second-order valence-electron chi connectivity index (χ2n) is 7.98. The van der Waals surface area contributed by atoms with E-state index in [2.05, 4.69) is 15.3 Å². The number of nitrogens with one attached hydrogen (secondary N) is 1. The molecule has 0 aliphatic carbocycles. The number of methoxy groups -OCH3 is 1. The van der Waals surface area contributed by atoms with E-state index >= 15 is 0 Å². The zero-order valence-electron chi connectivity index (χ0n) is 20.2. The summed E-state index contributed by atoms with van der Waals surface area (Å²) in [6, 6.07) is 14.2. The number of halogens is 1. The summed E-state index contributed by atoms with van der Waals surface area (Å²) < 4.78 is 19.6. The second kappa shape index (κ2) is 12.3. The third kappa shape index (κ3) is 7.26. The van der Waals surface area contributed by atoms with E-state index in [1.54, 1.807) is 49.6 Å². The second-order valence-corrected chi connectivity index (χ2v) is 8.92. The number of carbonyl (C=O) groups is 2. The standard InChI is InChI=1S/C26H29FN4O3S/c1-5-23(25(33)30-20-10-12-21(34-4)13-11-20)31(15-19-8-6-7-9-22(19)27)24(32)16-35-26-28-17(2)14-18(3)29-26/h6-14,23H,5,15-16H2,1-4H3,(H,30,33). The van der Waals surface area contributed by atoms with E-state index in [4.69, 9.17) is 4.74 Å². The molecule has 0 fully saturated rings. The van der Waals surface area contributed by atoms with Crippen molar-refractivity contribution in [1.29, 1.82) is 0 Å². The maximum absolute atomic E-state index is 14.5. The lowest BCUT2D eigenvalue weighted by Gasteiger charge is -2.30. The van der Waals surface area contributed by atoms with Crippen LogP contribution in [-0.4, -0.2) is 45.6 Å². The molecule has 0 radical (unpaired) electrons. The molecule has 3 rings (SSSR count). The summed E-state index contributed by atoms with van der Waals surface area (Å²) in [5.74, 6) is -0.408. The third-order valence-corrected chi connectivity index (χ3v) is 6.16. The van der Waals surface area contributed by atoms with Crippen molar-refractivity contribution in [2.75, 3.05) is 18.2 Å². The molecule has 2 aromatic carbocycles. The Bertz CT molecular complexity index is 1150. The van der Waals surface area contributed by atoms with Gasteiger partial charge in [0.05, 0.1) is 12.9 Å². The van der Waals surface area contributed by atoms with Crippen LogP contribution in [0.3, 0.4) is 0 Å². The third-order valence-electron chi connectivity index (χ3n) is 5.33. The quantitative estimate of drug-likeness (QED) is 0.321. The number of ether oxygens (including phenoxy) is 1. The average molecular weight is 497 g/mol. The van der Waals surface area contributed by atoms with Crippen LogP contribution in [0.25, 0.3) is 0 Å². The Morgan fingerprint density at radius 2 is 1.74 bits per heavy atom. The first-order valence-electron chi connectivity index (χ1n) is 11.2. The molecule has 1 N–H and O–H groups in total. The molecule has 0 aliphatic rings. The zero-order chi connectivity index (χ0) is 25.4. The van der Waals surface area contributed by atoms with Crippen LogP contribution in [0.4, 0.5) is 10.1 Å². The van der Waals surface area contributed by atoms with E-state index in [9.17, 15) is 14.0 Å². The van der Waals surface area contributed by atoms with Gasteiger partial charge in [-0.2, -0.15) is 0 Å². The van der Waals surface area contributed by atoms with Gasteiger partial charge in [0.1, 0.15) is 17.6 Å². The Labute approximate surface area is 209 Å². The van der Waals surface area contributed by atoms with E-state index in [0.29, 0.717) is 28.6 Å². The van der Waals surface area contributed by atoms with E-state index in [1.807, 2.05) is 26.8 Å². The molecule has 0 spiro atoms. The Hall–Kier alpha value is -3.46. The van der Waals surface area contributed by atoms with Gasteiger partial charge >= 0.3 is 0 Å². The monoisotopic (exact) mass is 496 g/mol. The molecule has 1 heterocycles. The van der Waals surface area contributed by atoms with Crippen LogP contribution in [0.2, 0.25) is 0 Å². The largest absolute Gasteiger partial charge is 0.497 e. The first kappa shape index (κ1) is 26.2. The van der Waals surface area contributed by atoms with Gasteiger partial charge in [-0.3, -0.25) is 9.59 Å². The number of hydrogen-bond donors (Lipinski definition) is 1. The van der Waals surface area contributed by atoms with Gasteiger partial charge in [0, 0.05) is 29.2 Å². The summed E-state index contributed by atoms with van der Waals surface area (Å²) in [7, 11) is 1.56. The highest BCUT2D eigenvalue weighted by atomic mass is 32.2. The van der Waals surface area contributed by atoms with Gasteiger partial charge in [0.25, 0.3) is 0 Å². The van der Waals surface area contributed by atoms with E-state index in [-0.39, 0.29) is 24.1 Å². The topological polar surface area (TPSA) is 84.4 Å². The van der Waals surface area contributed by atoms with Gasteiger partial charge in [0.2, 0.25) is 11.8 Å². The lowest BCUT2D eigenvalue weighted by Crippen LogP contribution is -2.47. The number of amides is 2. The van der Waals surface area contributed by atoms with Crippen molar-refractivity contribution in [3.8, 4) is 5.75 Å². The van der Waals surface area contributed by atoms with Crippen molar-refractivity contribution in [2.24, 2.45) is 0 Å². The molecule has 184 valence electrons. The van der Waals surface area contributed by atoms with Crippen LogP contribution >= 0.6 is 11.8 Å². The molecular weight excluding hydrogens is 467 g/mol. The predicted molar refractivity (Wildman–Crippen MR) is 135 cm³/mol. The molecule has 1 unspecified atom stereocenters. The van der Waals surface area contributed by atoms with E-state index in [1.165, 1.54) is 22.7 Å². The summed E-state index contributed by atoms with van der Waals surface area (Å²) >= 11 is 1.19.